The van der Waals surface area contributed by atoms with Gasteiger partial charge in [-0.25, -0.2) is 18.1 Å². The molecule has 1 aromatic heterocycles. The summed E-state index contributed by atoms with van der Waals surface area (Å²) in [5.41, 5.74) is 0. The summed E-state index contributed by atoms with van der Waals surface area (Å²) in [6.45, 7) is 1.78. The highest BCUT2D eigenvalue weighted by molar-refractivity contribution is 7.89. The lowest BCUT2D eigenvalue weighted by Gasteiger charge is -2.09. The number of rotatable bonds is 5. The van der Waals surface area contributed by atoms with E-state index in [1.54, 1.807) is 14.0 Å². The van der Waals surface area contributed by atoms with Crippen molar-refractivity contribution >= 4 is 21.6 Å². The van der Waals surface area contributed by atoms with Crippen LogP contribution in [0.3, 0.4) is 0 Å². The first-order valence-electron chi connectivity index (χ1n) is 4.66. The molecule has 16 heavy (non-hydrogen) atoms. The van der Waals surface area contributed by atoms with Gasteiger partial charge in [0.15, 0.2) is 0 Å². The minimum Gasteiger partial charge on any atom is -0.396 e. The average Bonchev–Trinajstić information content (AvgIpc) is 2.57. The Balaban J connectivity index is 2.83. The predicted octanol–water partition coefficient (Wildman–Crippen LogP) is -0.0198. The Morgan fingerprint density at radius 2 is 2.31 bits per heavy atom. The Kier molecular flexibility index (Phi) is 4.31. The molecule has 0 bridgehead atoms. The summed E-state index contributed by atoms with van der Waals surface area (Å²) in [5, 5.41) is 8.65. The lowest BCUT2D eigenvalue weighted by atomic mass is 10.2. The molecule has 0 radical (unpaired) electrons. The standard InChI is InChI=1S/C8H14ClN3O3S/c1-6(4-13)3-11-16(14,15)8-7(9)12(2)5-10-8/h5-6,11,13H,3-4H2,1-2H3. The molecule has 92 valence electrons. The predicted molar refractivity (Wildman–Crippen MR) is 59.7 cm³/mol. The maximum Gasteiger partial charge on any atom is 0.261 e. The van der Waals surface area contributed by atoms with Crippen LogP contribution < -0.4 is 4.72 Å². The van der Waals surface area contributed by atoms with Crippen LogP contribution in [0.15, 0.2) is 11.4 Å². The molecule has 0 amide bonds. The molecule has 0 saturated carbocycles. The van der Waals surface area contributed by atoms with Crippen LogP contribution in [0.4, 0.5) is 0 Å². The molecule has 0 aliphatic heterocycles. The molecule has 0 aromatic carbocycles. The van der Waals surface area contributed by atoms with E-state index in [0.717, 1.165) is 0 Å². The molecule has 1 aromatic rings. The van der Waals surface area contributed by atoms with Crippen LogP contribution in [0.1, 0.15) is 6.92 Å². The van der Waals surface area contributed by atoms with E-state index >= 15 is 0 Å². The fourth-order valence-electron chi connectivity index (χ4n) is 0.959. The van der Waals surface area contributed by atoms with Gasteiger partial charge in [0, 0.05) is 20.2 Å². The zero-order chi connectivity index (χ0) is 12.3. The van der Waals surface area contributed by atoms with Crippen molar-refractivity contribution in [1.29, 1.82) is 0 Å². The van der Waals surface area contributed by atoms with Crippen LogP contribution in [-0.4, -0.2) is 36.2 Å². The number of imidazole rings is 1. The van der Waals surface area contributed by atoms with Gasteiger partial charge in [-0.1, -0.05) is 18.5 Å². The molecule has 0 aliphatic carbocycles. The van der Waals surface area contributed by atoms with Crippen molar-refractivity contribution in [3.8, 4) is 0 Å². The number of sulfonamides is 1. The van der Waals surface area contributed by atoms with Crippen molar-refractivity contribution < 1.29 is 13.5 Å². The monoisotopic (exact) mass is 267 g/mol. The van der Waals surface area contributed by atoms with Crippen molar-refractivity contribution in [2.45, 2.75) is 11.9 Å². The van der Waals surface area contributed by atoms with E-state index in [1.807, 2.05) is 0 Å². The number of halogens is 1. The van der Waals surface area contributed by atoms with Gasteiger partial charge in [0.1, 0.15) is 5.15 Å². The van der Waals surface area contributed by atoms with Crippen LogP contribution in [0.5, 0.6) is 0 Å². The number of nitrogens with zero attached hydrogens (tertiary/aromatic N) is 2. The van der Waals surface area contributed by atoms with Crippen molar-refractivity contribution in [2.75, 3.05) is 13.2 Å². The summed E-state index contributed by atoms with van der Waals surface area (Å²) in [6, 6.07) is 0. The molecule has 6 nitrogen and oxygen atoms in total. The van der Waals surface area contributed by atoms with Crippen molar-refractivity contribution in [3.63, 3.8) is 0 Å². The van der Waals surface area contributed by atoms with E-state index < -0.39 is 10.0 Å². The minimum absolute atomic E-state index is 0.0594. The van der Waals surface area contributed by atoms with Gasteiger partial charge in [0.2, 0.25) is 5.03 Å². The average molecular weight is 268 g/mol. The normalized spacial score (nSPS) is 14.0. The summed E-state index contributed by atoms with van der Waals surface area (Å²) in [5.74, 6) is -0.155. The highest BCUT2D eigenvalue weighted by Crippen LogP contribution is 2.18. The number of aliphatic hydroxyl groups excluding tert-OH is 1. The molecule has 0 aliphatic rings. The number of aliphatic hydroxyl groups is 1. The van der Waals surface area contributed by atoms with E-state index in [1.165, 1.54) is 10.9 Å². The molecule has 1 atom stereocenters. The fraction of sp³-hybridized carbons (Fsp3) is 0.625. The van der Waals surface area contributed by atoms with Gasteiger partial charge in [-0.3, -0.25) is 0 Å². The summed E-state index contributed by atoms with van der Waals surface area (Å²) >= 11 is 5.77. The Labute approximate surface area is 99.3 Å². The summed E-state index contributed by atoms with van der Waals surface area (Å²) in [6.07, 6.45) is 1.33. The van der Waals surface area contributed by atoms with Crippen molar-refractivity contribution in [2.24, 2.45) is 13.0 Å². The lowest BCUT2D eigenvalue weighted by molar-refractivity contribution is 0.238. The lowest BCUT2D eigenvalue weighted by Crippen LogP contribution is -2.30. The summed E-state index contributed by atoms with van der Waals surface area (Å²) < 4.78 is 27.2. The second-order valence-electron chi connectivity index (χ2n) is 3.59. The Morgan fingerprint density at radius 3 is 2.75 bits per heavy atom. The number of hydrogen-bond acceptors (Lipinski definition) is 4. The third kappa shape index (κ3) is 2.94. The molecule has 1 unspecified atom stereocenters. The van der Waals surface area contributed by atoms with E-state index in [0.29, 0.717) is 0 Å². The van der Waals surface area contributed by atoms with Gasteiger partial charge in [0.25, 0.3) is 10.0 Å². The van der Waals surface area contributed by atoms with Gasteiger partial charge in [-0.2, -0.15) is 0 Å². The molecule has 1 heterocycles. The van der Waals surface area contributed by atoms with Gasteiger partial charge >= 0.3 is 0 Å². The largest absolute Gasteiger partial charge is 0.396 e. The number of aryl methyl sites for hydroxylation is 1. The highest BCUT2D eigenvalue weighted by atomic mass is 35.5. The zero-order valence-corrected chi connectivity index (χ0v) is 10.6. The number of hydrogen-bond donors (Lipinski definition) is 2. The van der Waals surface area contributed by atoms with Gasteiger partial charge in [-0.15, -0.1) is 0 Å². The molecular formula is C8H14ClN3O3S. The Bertz CT molecular complexity index is 457. The van der Waals surface area contributed by atoms with E-state index in [9.17, 15) is 8.42 Å². The number of aromatic nitrogens is 2. The van der Waals surface area contributed by atoms with Gasteiger partial charge in [-0.05, 0) is 5.92 Å². The molecular weight excluding hydrogens is 254 g/mol. The quantitative estimate of drug-likeness (QED) is 0.785. The van der Waals surface area contributed by atoms with E-state index in [4.69, 9.17) is 16.7 Å². The summed E-state index contributed by atoms with van der Waals surface area (Å²) in [7, 11) is -2.10. The number of nitrogens with one attached hydrogen (secondary N) is 1. The van der Waals surface area contributed by atoms with Gasteiger partial charge in [0.05, 0.1) is 6.33 Å². The molecule has 0 spiro atoms. The molecule has 2 N–H and O–H groups in total. The van der Waals surface area contributed by atoms with E-state index in [2.05, 4.69) is 9.71 Å². The first kappa shape index (κ1) is 13.4. The zero-order valence-electron chi connectivity index (χ0n) is 9.01. The molecule has 1 rings (SSSR count). The maximum absolute atomic E-state index is 11.7. The summed E-state index contributed by atoms with van der Waals surface area (Å²) in [4.78, 5) is 3.71. The van der Waals surface area contributed by atoms with Crippen LogP contribution in [-0.2, 0) is 17.1 Å². The first-order valence-corrected chi connectivity index (χ1v) is 6.52. The fourth-order valence-corrected chi connectivity index (χ4v) is 2.55. The van der Waals surface area contributed by atoms with Crippen molar-refractivity contribution in [1.82, 2.24) is 14.3 Å². The maximum atomic E-state index is 11.7. The third-order valence-corrected chi connectivity index (χ3v) is 3.93. The second-order valence-corrected chi connectivity index (χ2v) is 5.63. The minimum atomic E-state index is -3.70. The SMILES string of the molecule is CC(CO)CNS(=O)(=O)c1ncn(C)c1Cl. The Morgan fingerprint density at radius 1 is 1.69 bits per heavy atom. The van der Waals surface area contributed by atoms with Crippen LogP contribution in [0, 0.1) is 5.92 Å². The molecule has 0 fully saturated rings. The van der Waals surface area contributed by atoms with Crippen LogP contribution >= 0.6 is 11.6 Å². The smallest absolute Gasteiger partial charge is 0.261 e. The van der Waals surface area contributed by atoms with E-state index in [-0.39, 0.29) is 29.2 Å². The topological polar surface area (TPSA) is 84.2 Å². The van der Waals surface area contributed by atoms with Gasteiger partial charge < -0.3 is 9.67 Å². The Hall–Kier alpha value is -0.630. The molecule has 8 heteroatoms. The second kappa shape index (κ2) is 5.13. The first-order chi connectivity index (χ1) is 7.38. The van der Waals surface area contributed by atoms with Crippen LogP contribution in [0.2, 0.25) is 5.15 Å². The molecule has 0 saturated heterocycles. The third-order valence-electron chi connectivity index (χ3n) is 2.02. The van der Waals surface area contributed by atoms with Crippen LogP contribution in [0.25, 0.3) is 0 Å². The highest BCUT2D eigenvalue weighted by Gasteiger charge is 2.22. The van der Waals surface area contributed by atoms with Crippen molar-refractivity contribution in [3.05, 3.63) is 11.5 Å².